The minimum atomic E-state index is -1.10. The molecular weight excluding hydrogens is 474 g/mol. The molecule has 2 aliphatic rings. The monoisotopic (exact) mass is 515 g/mol. The van der Waals surface area contributed by atoms with Crippen LogP contribution in [0.25, 0.3) is 0 Å². The van der Waals surface area contributed by atoms with E-state index in [9.17, 15) is 19.5 Å². The Morgan fingerprint density at radius 1 is 1.14 bits per heavy atom. The van der Waals surface area contributed by atoms with Crippen molar-refractivity contribution in [3.8, 4) is 11.8 Å². The SMILES string of the molecule is CC[C@@H](C(=O)N1CCN(C)CC1)N(C(=O)C1CCC(C)CC1)c1cc(C#CC(C)(C)C)sc1C(=O)O. The molecule has 0 aromatic carbocycles. The molecule has 1 aromatic rings. The number of rotatable bonds is 6. The second kappa shape index (κ2) is 11.8. The van der Waals surface area contributed by atoms with Crippen molar-refractivity contribution < 1.29 is 19.5 Å². The number of carboxylic acid groups (broad SMARTS) is 1. The van der Waals surface area contributed by atoms with E-state index in [1.807, 2.05) is 39.6 Å². The van der Waals surface area contributed by atoms with Crippen molar-refractivity contribution in [2.45, 2.75) is 72.8 Å². The highest BCUT2D eigenvalue weighted by molar-refractivity contribution is 7.15. The highest BCUT2D eigenvalue weighted by Crippen LogP contribution is 2.37. The van der Waals surface area contributed by atoms with Gasteiger partial charge in [-0.25, -0.2) is 4.79 Å². The molecule has 0 spiro atoms. The molecule has 1 aliphatic carbocycles. The lowest BCUT2D eigenvalue weighted by molar-refractivity contribution is -0.137. The maximum Gasteiger partial charge on any atom is 0.348 e. The number of hydrogen-bond acceptors (Lipinski definition) is 5. The van der Waals surface area contributed by atoms with Crippen molar-refractivity contribution in [2.24, 2.45) is 17.3 Å². The smallest absolute Gasteiger partial charge is 0.348 e. The third-order valence-electron chi connectivity index (χ3n) is 7.13. The molecule has 1 N–H and O–H groups in total. The highest BCUT2D eigenvalue weighted by Gasteiger charge is 2.39. The van der Waals surface area contributed by atoms with Gasteiger partial charge in [0.25, 0.3) is 0 Å². The third kappa shape index (κ3) is 6.89. The molecule has 0 bridgehead atoms. The summed E-state index contributed by atoms with van der Waals surface area (Å²) in [4.78, 5) is 46.4. The Morgan fingerprint density at radius 2 is 1.75 bits per heavy atom. The zero-order valence-corrected chi connectivity index (χ0v) is 23.4. The number of likely N-dealkylation sites (N-methyl/N-ethyl adjacent to an activating group) is 1. The van der Waals surface area contributed by atoms with Crippen LogP contribution < -0.4 is 4.90 Å². The molecule has 1 saturated heterocycles. The number of carbonyl (C=O) groups excluding carboxylic acids is 2. The summed E-state index contributed by atoms with van der Waals surface area (Å²) < 4.78 is 0. The molecule has 2 heterocycles. The van der Waals surface area contributed by atoms with Crippen LogP contribution in [0.3, 0.4) is 0 Å². The minimum Gasteiger partial charge on any atom is -0.477 e. The Balaban J connectivity index is 2.06. The fourth-order valence-corrected chi connectivity index (χ4v) is 5.72. The lowest BCUT2D eigenvalue weighted by Crippen LogP contribution is -2.56. The van der Waals surface area contributed by atoms with Crippen LogP contribution in [0.5, 0.6) is 0 Å². The van der Waals surface area contributed by atoms with E-state index in [0.717, 1.165) is 50.1 Å². The first-order valence-corrected chi connectivity index (χ1v) is 13.9. The van der Waals surface area contributed by atoms with E-state index >= 15 is 0 Å². The molecule has 1 atom stereocenters. The van der Waals surface area contributed by atoms with Gasteiger partial charge in [0, 0.05) is 37.5 Å². The number of nitrogens with zero attached hydrogens (tertiary/aromatic N) is 3. The Kier molecular flexibility index (Phi) is 9.23. The fourth-order valence-electron chi connectivity index (χ4n) is 4.87. The first-order chi connectivity index (χ1) is 16.9. The summed E-state index contributed by atoms with van der Waals surface area (Å²) in [5.74, 6) is 5.29. The molecule has 3 rings (SSSR count). The van der Waals surface area contributed by atoms with Crippen LogP contribution in [0, 0.1) is 29.1 Å². The molecule has 1 aliphatic heterocycles. The van der Waals surface area contributed by atoms with Crippen molar-refractivity contribution in [2.75, 3.05) is 38.1 Å². The standard InChI is InChI=1S/C28H41N3O4S/c1-7-22(26(33)30-16-14-29(6)15-17-30)31(25(32)20-10-8-19(2)9-11-20)23-18-21(12-13-28(3,4)5)36-24(23)27(34)35/h18-20,22H,7-11,14-17H2,1-6H3,(H,34,35)/t19?,20?,22-/m0/s1. The topological polar surface area (TPSA) is 81.2 Å². The van der Waals surface area contributed by atoms with Crippen molar-refractivity contribution in [3.05, 3.63) is 15.8 Å². The first-order valence-electron chi connectivity index (χ1n) is 13.1. The van der Waals surface area contributed by atoms with Crippen LogP contribution in [0.1, 0.15) is 81.3 Å². The molecule has 7 nitrogen and oxygen atoms in total. The maximum atomic E-state index is 14.1. The van der Waals surface area contributed by atoms with Crippen LogP contribution in [0.4, 0.5) is 5.69 Å². The molecule has 0 unspecified atom stereocenters. The highest BCUT2D eigenvalue weighted by atomic mass is 32.1. The number of aromatic carboxylic acids is 1. The van der Waals surface area contributed by atoms with E-state index in [1.165, 1.54) is 4.90 Å². The van der Waals surface area contributed by atoms with Crippen LogP contribution in [-0.2, 0) is 9.59 Å². The summed E-state index contributed by atoms with van der Waals surface area (Å²) in [6.07, 6.45) is 3.87. The fraction of sp³-hybridized carbons (Fsp3) is 0.679. The van der Waals surface area contributed by atoms with E-state index in [1.54, 1.807) is 6.07 Å². The van der Waals surface area contributed by atoms with Crippen LogP contribution in [0.15, 0.2) is 6.07 Å². The molecule has 2 amide bonds. The van der Waals surface area contributed by atoms with E-state index in [2.05, 4.69) is 23.7 Å². The van der Waals surface area contributed by atoms with E-state index in [-0.39, 0.29) is 28.0 Å². The maximum absolute atomic E-state index is 14.1. The van der Waals surface area contributed by atoms with Crippen molar-refractivity contribution in [1.82, 2.24) is 9.80 Å². The van der Waals surface area contributed by atoms with E-state index in [4.69, 9.17) is 0 Å². The largest absolute Gasteiger partial charge is 0.477 e. The number of hydrogen-bond donors (Lipinski definition) is 1. The lowest BCUT2D eigenvalue weighted by Gasteiger charge is -2.39. The first kappa shape index (κ1) is 28.2. The average molecular weight is 516 g/mol. The molecule has 2 fully saturated rings. The molecular formula is C28H41N3O4S. The quantitative estimate of drug-likeness (QED) is 0.562. The van der Waals surface area contributed by atoms with Crippen molar-refractivity contribution in [1.29, 1.82) is 0 Å². The Hall–Kier alpha value is -2.37. The predicted octanol–water partition coefficient (Wildman–Crippen LogP) is 4.56. The Morgan fingerprint density at radius 3 is 2.28 bits per heavy atom. The van der Waals surface area contributed by atoms with E-state index < -0.39 is 12.0 Å². The van der Waals surface area contributed by atoms with Crippen LogP contribution in [-0.4, -0.2) is 72.0 Å². The molecule has 198 valence electrons. The van der Waals surface area contributed by atoms with Gasteiger partial charge in [0.1, 0.15) is 10.9 Å². The molecule has 36 heavy (non-hydrogen) atoms. The van der Waals surface area contributed by atoms with Gasteiger partial charge < -0.3 is 14.9 Å². The summed E-state index contributed by atoms with van der Waals surface area (Å²) >= 11 is 1.08. The van der Waals surface area contributed by atoms with Crippen LogP contribution >= 0.6 is 11.3 Å². The number of carboxylic acids is 1. The Labute approximate surface area is 219 Å². The minimum absolute atomic E-state index is 0.0652. The van der Waals surface area contributed by atoms with Gasteiger partial charge in [-0.15, -0.1) is 11.3 Å². The molecule has 8 heteroatoms. The summed E-state index contributed by atoms with van der Waals surface area (Å²) in [5.41, 5.74) is 0.0641. The van der Waals surface area contributed by atoms with Crippen molar-refractivity contribution >= 4 is 34.8 Å². The predicted molar refractivity (Wildman–Crippen MR) is 144 cm³/mol. The second-order valence-corrected chi connectivity index (χ2v) is 12.4. The van der Waals surface area contributed by atoms with Gasteiger partial charge in [-0.3, -0.25) is 14.5 Å². The zero-order valence-electron chi connectivity index (χ0n) is 22.6. The van der Waals surface area contributed by atoms with Crippen molar-refractivity contribution in [3.63, 3.8) is 0 Å². The lowest BCUT2D eigenvalue weighted by atomic mass is 9.82. The number of carbonyl (C=O) groups is 3. The van der Waals surface area contributed by atoms with Gasteiger partial charge in [0.05, 0.1) is 10.6 Å². The van der Waals surface area contributed by atoms with E-state index in [0.29, 0.717) is 36.0 Å². The summed E-state index contributed by atoms with van der Waals surface area (Å²) in [5, 5.41) is 10.1. The average Bonchev–Trinajstić information content (AvgIpc) is 3.25. The summed E-state index contributed by atoms with van der Waals surface area (Å²) in [7, 11) is 2.03. The summed E-state index contributed by atoms with van der Waals surface area (Å²) in [6, 6.07) is 0.965. The summed E-state index contributed by atoms with van der Waals surface area (Å²) in [6.45, 7) is 12.8. The molecule has 0 radical (unpaired) electrons. The van der Waals surface area contributed by atoms with Gasteiger partial charge >= 0.3 is 5.97 Å². The molecule has 1 aromatic heterocycles. The third-order valence-corrected chi connectivity index (χ3v) is 8.16. The Bertz CT molecular complexity index is 1020. The van der Waals surface area contributed by atoms with Gasteiger partial charge in [-0.05, 0) is 71.9 Å². The second-order valence-electron chi connectivity index (χ2n) is 11.3. The number of thiophene rings is 1. The van der Waals surface area contributed by atoms with Gasteiger partial charge in [0.15, 0.2) is 0 Å². The van der Waals surface area contributed by atoms with Gasteiger partial charge in [-0.2, -0.15) is 0 Å². The zero-order chi connectivity index (χ0) is 26.6. The number of amides is 2. The number of piperazine rings is 1. The van der Waals surface area contributed by atoms with Gasteiger partial charge in [-0.1, -0.05) is 25.7 Å². The number of anilines is 1. The van der Waals surface area contributed by atoms with Gasteiger partial charge in [0.2, 0.25) is 11.8 Å². The molecule has 1 saturated carbocycles. The van der Waals surface area contributed by atoms with Crippen LogP contribution in [0.2, 0.25) is 0 Å². The normalized spacial score (nSPS) is 21.9.